The summed E-state index contributed by atoms with van der Waals surface area (Å²) < 4.78 is 21.8. The monoisotopic (exact) mass is 492 g/mol. The van der Waals surface area contributed by atoms with Gasteiger partial charge in [-0.15, -0.1) is 0 Å². The van der Waals surface area contributed by atoms with E-state index in [0.717, 1.165) is 28.0 Å². The first kappa shape index (κ1) is 22.6. The maximum absolute atomic E-state index is 12.8. The highest BCUT2D eigenvalue weighted by atomic mass is 32.2. The zero-order chi connectivity index (χ0) is 24.4. The number of carbonyl (C=O) groups is 3. The van der Waals surface area contributed by atoms with Crippen molar-refractivity contribution in [3.05, 3.63) is 65.3 Å². The zero-order valence-corrected chi connectivity index (χ0v) is 19.4. The molecule has 0 unspecified atom stereocenters. The van der Waals surface area contributed by atoms with E-state index in [1.165, 1.54) is 6.08 Å². The van der Waals surface area contributed by atoms with Gasteiger partial charge in [0.2, 0.25) is 12.7 Å². The fourth-order valence-electron chi connectivity index (χ4n) is 3.55. The molecule has 5 rings (SSSR count). The minimum Gasteiger partial charge on any atom is -0.494 e. The molecule has 1 aromatic heterocycles. The van der Waals surface area contributed by atoms with E-state index < -0.39 is 23.6 Å². The number of imide groups is 1. The van der Waals surface area contributed by atoms with Crippen LogP contribution in [0, 0.1) is 0 Å². The third kappa shape index (κ3) is 4.87. The molecule has 1 N–H and O–H groups in total. The summed E-state index contributed by atoms with van der Waals surface area (Å²) in [7, 11) is 0. The lowest BCUT2D eigenvalue weighted by Crippen LogP contribution is -2.36. The van der Waals surface area contributed by atoms with Crippen LogP contribution in [0.4, 0.5) is 10.5 Å². The predicted octanol–water partition coefficient (Wildman–Crippen LogP) is 4.75. The second-order valence-electron chi connectivity index (χ2n) is 7.54. The number of fused-ring (bicyclic) bond motifs is 1. The van der Waals surface area contributed by atoms with Gasteiger partial charge < -0.3 is 23.9 Å². The molecule has 2 aromatic carbocycles. The standard InChI is InChI=1S/C25H20N2O7S/c1-2-31-17-6-3-15(4-7-17)19-10-8-18(34-19)12-22-24(29)27(25(30)35-22)13-23(28)26-16-5-9-20-21(11-16)33-14-32-20/h3-12H,2,13-14H2,1H3,(H,26,28). The van der Waals surface area contributed by atoms with Gasteiger partial charge in [-0.25, -0.2) is 0 Å². The van der Waals surface area contributed by atoms with Crippen molar-refractivity contribution in [2.75, 3.05) is 25.3 Å². The van der Waals surface area contributed by atoms with Crippen molar-refractivity contribution < 1.29 is 33.0 Å². The van der Waals surface area contributed by atoms with Crippen LogP contribution in [-0.4, -0.2) is 41.9 Å². The number of hydrogen-bond acceptors (Lipinski definition) is 8. The number of anilines is 1. The van der Waals surface area contributed by atoms with E-state index in [4.69, 9.17) is 18.6 Å². The highest BCUT2D eigenvalue weighted by molar-refractivity contribution is 8.18. The molecule has 1 saturated heterocycles. The molecule has 2 aliphatic rings. The maximum atomic E-state index is 12.8. The number of nitrogens with one attached hydrogen (secondary N) is 1. The Morgan fingerprint density at radius 2 is 1.89 bits per heavy atom. The van der Waals surface area contributed by atoms with Crippen molar-refractivity contribution in [2.24, 2.45) is 0 Å². The lowest BCUT2D eigenvalue weighted by molar-refractivity contribution is -0.127. The Morgan fingerprint density at radius 1 is 1.09 bits per heavy atom. The molecular formula is C25H20N2O7S. The maximum Gasteiger partial charge on any atom is 0.294 e. The Balaban J connectivity index is 1.24. The summed E-state index contributed by atoms with van der Waals surface area (Å²) >= 11 is 0.759. The molecule has 0 aliphatic carbocycles. The molecule has 35 heavy (non-hydrogen) atoms. The fourth-order valence-corrected chi connectivity index (χ4v) is 4.37. The highest BCUT2D eigenvalue weighted by Gasteiger charge is 2.36. The van der Waals surface area contributed by atoms with Gasteiger partial charge in [-0.05, 0) is 67.2 Å². The topological polar surface area (TPSA) is 107 Å². The van der Waals surface area contributed by atoms with Gasteiger partial charge in [0.1, 0.15) is 23.8 Å². The summed E-state index contributed by atoms with van der Waals surface area (Å²) in [4.78, 5) is 38.7. The van der Waals surface area contributed by atoms with Gasteiger partial charge in [0, 0.05) is 23.4 Å². The third-order valence-corrected chi connectivity index (χ3v) is 6.09. The minimum absolute atomic E-state index is 0.118. The van der Waals surface area contributed by atoms with Crippen LogP contribution in [0.5, 0.6) is 17.2 Å². The first-order chi connectivity index (χ1) is 17.0. The van der Waals surface area contributed by atoms with Gasteiger partial charge in [-0.1, -0.05) is 0 Å². The number of nitrogens with zero attached hydrogens (tertiary/aromatic N) is 1. The van der Waals surface area contributed by atoms with E-state index in [9.17, 15) is 14.4 Å². The first-order valence-corrected chi connectivity index (χ1v) is 11.6. The van der Waals surface area contributed by atoms with Crippen LogP contribution in [0.2, 0.25) is 0 Å². The molecule has 0 bridgehead atoms. The molecule has 0 saturated carbocycles. The average molecular weight is 493 g/mol. The van der Waals surface area contributed by atoms with Gasteiger partial charge in [0.15, 0.2) is 11.5 Å². The summed E-state index contributed by atoms with van der Waals surface area (Å²) in [6.07, 6.45) is 1.50. The van der Waals surface area contributed by atoms with Crippen LogP contribution in [0.1, 0.15) is 12.7 Å². The van der Waals surface area contributed by atoms with E-state index in [-0.39, 0.29) is 11.7 Å². The van der Waals surface area contributed by atoms with Gasteiger partial charge in [-0.3, -0.25) is 19.3 Å². The minimum atomic E-state index is -0.556. The van der Waals surface area contributed by atoms with Crippen LogP contribution in [-0.2, 0) is 9.59 Å². The number of amides is 3. The van der Waals surface area contributed by atoms with Crippen LogP contribution >= 0.6 is 11.8 Å². The van der Waals surface area contributed by atoms with Crippen molar-refractivity contribution in [1.82, 2.24) is 4.90 Å². The van der Waals surface area contributed by atoms with Crippen LogP contribution in [0.3, 0.4) is 0 Å². The Morgan fingerprint density at radius 3 is 2.69 bits per heavy atom. The lowest BCUT2D eigenvalue weighted by Gasteiger charge is -2.12. The quantitative estimate of drug-likeness (QED) is 0.471. The van der Waals surface area contributed by atoms with Crippen molar-refractivity contribution in [2.45, 2.75) is 6.92 Å². The number of thioether (sulfide) groups is 1. The Hall–Kier alpha value is -4.18. The second-order valence-corrected chi connectivity index (χ2v) is 8.54. The van der Waals surface area contributed by atoms with Crippen LogP contribution in [0.15, 0.2) is 63.9 Å². The summed E-state index contributed by atoms with van der Waals surface area (Å²) in [5.41, 5.74) is 1.32. The van der Waals surface area contributed by atoms with Crippen molar-refractivity contribution in [3.8, 4) is 28.6 Å². The number of hydrogen-bond donors (Lipinski definition) is 1. The average Bonchev–Trinajstić information content (AvgIpc) is 3.56. The van der Waals surface area contributed by atoms with Gasteiger partial charge >= 0.3 is 0 Å². The van der Waals surface area contributed by atoms with E-state index in [0.29, 0.717) is 35.3 Å². The Bertz CT molecular complexity index is 1330. The first-order valence-electron chi connectivity index (χ1n) is 10.8. The molecule has 0 spiro atoms. The summed E-state index contributed by atoms with van der Waals surface area (Å²) in [5, 5.41) is 2.13. The highest BCUT2D eigenvalue weighted by Crippen LogP contribution is 2.35. The van der Waals surface area contributed by atoms with Gasteiger partial charge in [0.25, 0.3) is 11.1 Å². The summed E-state index contributed by atoms with van der Waals surface area (Å²) in [6, 6.07) is 15.9. The summed E-state index contributed by atoms with van der Waals surface area (Å²) in [6.45, 7) is 2.21. The molecule has 3 aromatic rings. The van der Waals surface area contributed by atoms with Gasteiger partial charge in [-0.2, -0.15) is 0 Å². The Kier molecular flexibility index (Phi) is 6.19. The fraction of sp³-hybridized carbons (Fsp3) is 0.160. The third-order valence-electron chi connectivity index (χ3n) is 5.18. The molecule has 0 radical (unpaired) electrons. The molecular weight excluding hydrogens is 472 g/mol. The number of ether oxygens (including phenoxy) is 3. The molecule has 10 heteroatoms. The second kappa shape index (κ2) is 9.59. The molecule has 3 heterocycles. The van der Waals surface area contributed by atoms with Crippen molar-refractivity contribution >= 4 is 40.6 Å². The number of rotatable bonds is 7. The SMILES string of the molecule is CCOc1ccc(-c2ccc(C=C3SC(=O)N(CC(=O)Nc4ccc5c(c4)OCO5)C3=O)o2)cc1. The molecule has 9 nitrogen and oxygen atoms in total. The number of benzene rings is 2. The molecule has 0 atom stereocenters. The molecule has 1 fully saturated rings. The number of furan rings is 1. The molecule has 3 amide bonds. The molecule has 178 valence electrons. The zero-order valence-electron chi connectivity index (χ0n) is 18.6. The number of carbonyl (C=O) groups excluding carboxylic acids is 3. The van der Waals surface area contributed by atoms with Gasteiger partial charge in [0.05, 0.1) is 11.5 Å². The van der Waals surface area contributed by atoms with Crippen LogP contribution in [0.25, 0.3) is 17.4 Å². The van der Waals surface area contributed by atoms with E-state index in [1.54, 1.807) is 30.3 Å². The lowest BCUT2D eigenvalue weighted by atomic mass is 10.2. The predicted molar refractivity (Wildman–Crippen MR) is 129 cm³/mol. The van der Waals surface area contributed by atoms with E-state index in [1.807, 2.05) is 31.2 Å². The smallest absolute Gasteiger partial charge is 0.294 e. The van der Waals surface area contributed by atoms with Crippen molar-refractivity contribution in [3.63, 3.8) is 0 Å². The summed E-state index contributed by atoms with van der Waals surface area (Å²) in [5.74, 6) is 1.83. The normalized spacial score (nSPS) is 15.7. The van der Waals surface area contributed by atoms with E-state index in [2.05, 4.69) is 5.32 Å². The largest absolute Gasteiger partial charge is 0.494 e. The molecule has 2 aliphatic heterocycles. The Labute approximate surface area is 204 Å². The van der Waals surface area contributed by atoms with E-state index >= 15 is 0 Å². The van der Waals surface area contributed by atoms with Crippen molar-refractivity contribution in [1.29, 1.82) is 0 Å². The van der Waals surface area contributed by atoms with Crippen LogP contribution < -0.4 is 19.5 Å².